The van der Waals surface area contributed by atoms with Gasteiger partial charge in [-0.05, 0) is 17.7 Å². The van der Waals surface area contributed by atoms with Crippen molar-refractivity contribution in [1.29, 1.82) is 0 Å². The highest BCUT2D eigenvalue weighted by atomic mass is 79.9. The van der Waals surface area contributed by atoms with Gasteiger partial charge >= 0.3 is 6.09 Å². The maximum Gasteiger partial charge on any atom is 0.407 e. The van der Waals surface area contributed by atoms with E-state index in [-0.39, 0.29) is 30.7 Å². The molecule has 0 aliphatic carbocycles. The Bertz CT molecular complexity index is 549. The fraction of sp³-hybridized carbons (Fsp3) is 0.462. The highest BCUT2D eigenvalue weighted by Crippen LogP contribution is 2.44. The van der Waals surface area contributed by atoms with Gasteiger partial charge in [-0.2, -0.15) is 0 Å². The van der Waals surface area contributed by atoms with Crippen LogP contribution in [0.4, 0.5) is 4.79 Å². The molecule has 0 bridgehead atoms. The van der Waals surface area contributed by atoms with Crippen molar-refractivity contribution in [3.05, 3.63) is 22.2 Å². The van der Waals surface area contributed by atoms with Crippen LogP contribution in [0.15, 0.2) is 16.6 Å². The number of hydrogen-bond acceptors (Lipinski definition) is 4. The molecule has 0 saturated carbocycles. The number of nitrogens with one attached hydrogen (secondary N) is 1. The van der Waals surface area contributed by atoms with Gasteiger partial charge in [0.05, 0.1) is 6.04 Å². The average Bonchev–Trinajstić information content (AvgIpc) is 2.78. The van der Waals surface area contributed by atoms with E-state index in [2.05, 4.69) is 21.2 Å². The fourth-order valence-electron chi connectivity index (χ4n) is 2.34. The molecule has 2 heterocycles. The SMILES string of the molecule is CC1(C)COC(=O)N[C@@H]1c1cc2c(cc1Br)OCO2.Cl. The van der Waals surface area contributed by atoms with Crippen molar-refractivity contribution < 1.29 is 19.0 Å². The second-order valence-corrected chi connectivity index (χ2v) is 6.22. The van der Waals surface area contributed by atoms with Crippen molar-refractivity contribution in [3.8, 4) is 11.5 Å². The van der Waals surface area contributed by atoms with E-state index in [1.807, 2.05) is 26.0 Å². The Balaban J connectivity index is 0.00000147. The van der Waals surface area contributed by atoms with Crippen LogP contribution in [0, 0.1) is 5.41 Å². The van der Waals surface area contributed by atoms with Crippen LogP contribution in [-0.2, 0) is 4.74 Å². The maximum absolute atomic E-state index is 11.5. The number of benzene rings is 1. The van der Waals surface area contributed by atoms with Gasteiger partial charge in [0.2, 0.25) is 6.79 Å². The van der Waals surface area contributed by atoms with Crippen LogP contribution in [0.1, 0.15) is 25.5 Å². The number of fused-ring (bicyclic) bond motifs is 1. The number of halogens is 2. The number of cyclic esters (lactones) is 1. The second kappa shape index (κ2) is 5.33. The van der Waals surface area contributed by atoms with E-state index >= 15 is 0 Å². The summed E-state index contributed by atoms with van der Waals surface area (Å²) in [7, 11) is 0. The largest absolute Gasteiger partial charge is 0.454 e. The molecule has 1 atom stereocenters. The highest BCUT2D eigenvalue weighted by molar-refractivity contribution is 9.10. The molecule has 0 radical (unpaired) electrons. The van der Waals surface area contributed by atoms with Gasteiger partial charge in [-0.25, -0.2) is 4.79 Å². The summed E-state index contributed by atoms with van der Waals surface area (Å²) in [5.74, 6) is 1.42. The molecule has 1 fully saturated rings. The summed E-state index contributed by atoms with van der Waals surface area (Å²) in [6.45, 7) is 4.71. The predicted octanol–water partition coefficient (Wildman–Crippen LogP) is 3.41. The Morgan fingerprint density at radius 1 is 1.25 bits per heavy atom. The molecular formula is C13H15BrClNO4. The van der Waals surface area contributed by atoms with Crippen molar-refractivity contribution in [2.24, 2.45) is 5.41 Å². The van der Waals surface area contributed by atoms with Crippen LogP contribution in [-0.4, -0.2) is 19.5 Å². The minimum atomic E-state index is -0.395. The van der Waals surface area contributed by atoms with Crippen LogP contribution in [0.2, 0.25) is 0 Å². The molecule has 1 aromatic carbocycles. The number of amides is 1. The minimum Gasteiger partial charge on any atom is -0.454 e. The molecule has 20 heavy (non-hydrogen) atoms. The van der Waals surface area contributed by atoms with E-state index in [0.29, 0.717) is 18.1 Å². The van der Waals surface area contributed by atoms with E-state index in [9.17, 15) is 4.79 Å². The molecule has 110 valence electrons. The lowest BCUT2D eigenvalue weighted by atomic mass is 9.80. The summed E-state index contributed by atoms with van der Waals surface area (Å²) in [5, 5.41) is 2.87. The predicted molar refractivity (Wildman–Crippen MR) is 78.5 cm³/mol. The van der Waals surface area contributed by atoms with E-state index in [4.69, 9.17) is 14.2 Å². The second-order valence-electron chi connectivity index (χ2n) is 5.37. The van der Waals surface area contributed by atoms with E-state index in [1.54, 1.807) is 0 Å². The number of hydrogen-bond donors (Lipinski definition) is 1. The molecule has 7 heteroatoms. The first-order valence-electron chi connectivity index (χ1n) is 6.00. The normalized spacial score (nSPS) is 22.6. The molecule has 1 saturated heterocycles. The van der Waals surface area contributed by atoms with Gasteiger partial charge in [-0.15, -0.1) is 12.4 Å². The summed E-state index contributed by atoms with van der Waals surface area (Å²) in [6, 6.07) is 3.64. The Labute approximate surface area is 131 Å². The van der Waals surface area contributed by atoms with Gasteiger partial charge in [0, 0.05) is 9.89 Å². The molecule has 0 spiro atoms. The molecule has 2 aliphatic rings. The highest BCUT2D eigenvalue weighted by Gasteiger charge is 2.39. The first kappa shape index (κ1) is 15.3. The summed E-state index contributed by atoms with van der Waals surface area (Å²) in [5.41, 5.74) is 0.760. The quantitative estimate of drug-likeness (QED) is 0.830. The van der Waals surface area contributed by atoms with Gasteiger partial charge < -0.3 is 19.5 Å². The van der Waals surface area contributed by atoms with Crippen molar-refractivity contribution in [2.75, 3.05) is 13.4 Å². The summed E-state index contributed by atoms with van der Waals surface area (Å²) in [4.78, 5) is 11.5. The van der Waals surface area contributed by atoms with Crippen LogP contribution in [0.5, 0.6) is 11.5 Å². The van der Waals surface area contributed by atoms with E-state index in [0.717, 1.165) is 10.0 Å². The zero-order valence-corrected chi connectivity index (χ0v) is 13.5. The lowest BCUT2D eigenvalue weighted by Gasteiger charge is -2.39. The molecular weight excluding hydrogens is 350 g/mol. The van der Waals surface area contributed by atoms with Gasteiger partial charge in [0.25, 0.3) is 0 Å². The number of carbonyl (C=O) groups is 1. The van der Waals surface area contributed by atoms with Crippen LogP contribution >= 0.6 is 28.3 Å². The Morgan fingerprint density at radius 2 is 1.90 bits per heavy atom. The number of ether oxygens (including phenoxy) is 3. The summed E-state index contributed by atoms with van der Waals surface area (Å²) < 4.78 is 16.7. The molecule has 0 unspecified atom stereocenters. The van der Waals surface area contributed by atoms with E-state index < -0.39 is 6.09 Å². The van der Waals surface area contributed by atoms with Crippen LogP contribution < -0.4 is 14.8 Å². The van der Waals surface area contributed by atoms with E-state index in [1.165, 1.54) is 0 Å². The molecule has 5 nitrogen and oxygen atoms in total. The third kappa shape index (κ3) is 2.54. The number of rotatable bonds is 1. The molecule has 1 amide bonds. The van der Waals surface area contributed by atoms with Gasteiger partial charge in [-0.1, -0.05) is 29.8 Å². The van der Waals surface area contributed by atoms with Crippen LogP contribution in [0.3, 0.4) is 0 Å². The summed E-state index contributed by atoms with van der Waals surface area (Å²) in [6.07, 6.45) is -0.395. The Hall–Kier alpha value is -1.14. The zero-order valence-electron chi connectivity index (χ0n) is 11.1. The van der Waals surface area contributed by atoms with Crippen molar-refractivity contribution >= 4 is 34.4 Å². The smallest absolute Gasteiger partial charge is 0.407 e. The van der Waals surface area contributed by atoms with Crippen molar-refractivity contribution in [1.82, 2.24) is 5.32 Å². The number of carbonyl (C=O) groups excluding carboxylic acids is 1. The molecule has 3 rings (SSSR count). The average molecular weight is 365 g/mol. The van der Waals surface area contributed by atoms with Crippen LogP contribution in [0.25, 0.3) is 0 Å². The number of alkyl carbamates (subject to hydrolysis) is 1. The monoisotopic (exact) mass is 363 g/mol. The van der Waals surface area contributed by atoms with Gasteiger partial charge in [0.1, 0.15) is 6.61 Å². The molecule has 1 N–H and O–H groups in total. The Morgan fingerprint density at radius 3 is 2.60 bits per heavy atom. The minimum absolute atomic E-state index is 0. The lowest BCUT2D eigenvalue weighted by molar-refractivity contribution is 0.0385. The molecule has 0 aromatic heterocycles. The summed E-state index contributed by atoms with van der Waals surface area (Å²) >= 11 is 3.53. The first-order valence-corrected chi connectivity index (χ1v) is 6.79. The van der Waals surface area contributed by atoms with Crippen molar-refractivity contribution in [2.45, 2.75) is 19.9 Å². The standard InChI is InChI=1S/C13H14BrNO4.ClH/c1-13(2)5-17-12(16)15-11(13)7-3-9-10(4-8(7)14)19-6-18-9;/h3-4,11H,5-6H2,1-2H3,(H,15,16);1H/t11-;/m1./s1. The zero-order chi connectivity index (χ0) is 13.6. The van der Waals surface area contributed by atoms with Gasteiger partial charge in [-0.3, -0.25) is 0 Å². The van der Waals surface area contributed by atoms with Crippen molar-refractivity contribution in [3.63, 3.8) is 0 Å². The maximum atomic E-state index is 11.5. The first-order chi connectivity index (χ1) is 8.97. The topological polar surface area (TPSA) is 56.8 Å². The molecule has 1 aromatic rings. The lowest BCUT2D eigenvalue weighted by Crippen LogP contribution is -2.47. The molecule has 2 aliphatic heterocycles. The Kier molecular flexibility index (Phi) is 4.07. The third-order valence-corrected chi connectivity index (χ3v) is 4.11. The fourth-order valence-corrected chi connectivity index (χ4v) is 2.89. The van der Waals surface area contributed by atoms with Gasteiger partial charge in [0.15, 0.2) is 11.5 Å². The third-order valence-electron chi connectivity index (χ3n) is 3.42.